The van der Waals surface area contributed by atoms with Crippen molar-refractivity contribution in [2.45, 2.75) is 26.4 Å². The first-order valence-corrected chi connectivity index (χ1v) is 8.31. The molecule has 0 saturated heterocycles. The van der Waals surface area contributed by atoms with Gasteiger partial charge in [0.2, 0.25) is 0 Å². The highest BCUT2D eigenvalue weighted by Crippen LogP contribution is 2.37. The second-order valence-corrected chi connectivity index (χ2v) is 6.84. The average molecular weight is 351 g/mol. The van der Waals surface area contributed by atoms with E-state index in [0.29, 0.717) is 0 Å². The molecule has 132 valence electrons. The van der Waals surface area contributed by atoms with Crippen LogP contribution in [0.4, 0.5) is 14.9 Å². The number of anilines is 1. The van der Waals surface area contributed by atoms with Crippen LogP contribution in [0.3, 0.4) is 0 Å². The van der Waals surface area contributed by atoms with Gasteiger partial charge in [0.1, 0.15) is 11.4 Å². The quantitative estimate of drug-likeness (QED) is 0.722. The van der Waals surface area contributed by atoms with Gasteiger partial charge >= 0.3 is 6.09 Å². The molecule has 1 N–H and O–H groups in total. The molecule has 0 bridgehead atoms. The van der Waals surface area contributed by atoms with E-state index >= 15 is 0 Å². The van der Waals surface area contributed by atoms with E-state index in [9.17, 15) is 9.18 Å². The van der Waals surface area contributed by atoms with Gasteiger partial charge in [-0.05, 0) is 69.3 Å². The average Bonchev–Trinajstić information content (AvgIpc) is 2.96. The van der Waals surface area contributed by atoms with Crippen molar-refractivity contribution in [3.63, 3.8) is 0 Å². The summed E-state index contributed by atoms with van der Waals surface area (Å²) in [6.07, 6.45) is -0.455. The van der Waals surface area contributed by atoms with Crippen molar-refractivity contribution in [1.29, 1.82) is 0 Å². The summed E-state index contributed by atoms with van der Waals surface area (Å²) in [5.41, 5.74) is 4.32. The number of fused-ring (bicyclic) bond motifs is 1. The minimum atomic E-state index is -0.728. The van der Waals surface area contributed by atoms with Gasteiger partial charge in [-0.1, -0.05) is 0 Å². The molecule has 5 nitrogen and oxygen atoms in total. The molecule has 6 heteroatoms. The Bertz CT molecular complexity index is 1010. The number of carbonyl (C=O) groups excluding carboxylic acids is 1. The molecule has 1 aliphatic heterocycles. The van der Waals surface area contributed by atoms with E-state index in [1.807, 2.05) is 49.7 Å². The molecule has 0 spiro atoms. The molecule has 0 unspecified atom stereocenters. The number of amides is 1. The highest BCUT2D eigenvalue weighted by atomic mass is 19.1. The maximum Gasteiger partial charge on any atom is 0.412 e. The van der Waals surface area contributed by atoms with Crippen molar-refractivity contribution in [3.05, 3.63) is 65.6 Å². The van der Waals surface area contributed by atoms with E-state index in [1.165, 1.54) is 12.1 Å². The minimum Gasteiger partial charge on any atom is -0.438 e. The predicted molar refractivity (Wildman–Crippen MR) is 96.8 cm³/mol. The Labute approximate surface area is 150 Å². The Morgan fingerprint density at radius 2 is 1.85 bits per heavy atom. The van der Waals surface area contributed by atoms with Crippen molar-refractivity contribution in [3.8, 4) is 16.9 Å². The monoisotopic (exact) mass is 351 g/mol. The van der Waals surface area contributed by atoms with Gasteiger partial charge in [0, 0.05) is 16.8 Å². The number of aryl methyl sites for hydroxylation is 1. The molecule has 0 saturated carbocycles. The second-order valence-electron chi connectivity index (χ2n) is 6.84. The van der Waals surface area contributed by atoms with Gasteiger partial charge in [-0.3, -0.25) is 5.32 Å². The molecule has 0 fully saturated rings. The van der Waals surface area contributed by atoms with Crippen LogP contribution in [-0.2, 0) is 10.3 Å². The van der Waals surface area contributed by atoms with Crippen LogP contribution in [0.2, 0.25) is 0 Å². The van der Waals surface area contributed by atoms with E-state index in [0.717, 1.165) is 33.9 Å². The summed E-state index contributed by atoms with van der Waals surface area (Å²) in [4.78, 5) is 11.7. The number of rotatable bonds is 2. The zero-order valence-electron chi connectivity index (χ0n) is 14.7. The summed E-state index contributed by atoms with van der Waals surface area (Å²) >= 11 is 0. The van der Waals surface area contributed by atoms with E-state index in [1.54, 1.807) is 12.1 Å². The zero-order chi connectivity index (χ0) is 18.5. The number of aromatic nitrogens is 2. The summed E-state index contributed by atoms with van der Waals surface area (Å²) < 4.78 is 20.4. The summed E-state index contributed by atoms with van der Waals surface area (Å²) in [6, 6.07) is 13.9. The number of carbonyl (C=O) groups is 1. The number of benzene rings is 2. The smallest absolute Gasteiger partial charge is 0.412 e. The number of nitrogens with one attached hydrogen (secondary N) is 1. The van der Waals surface area contributed by atoms with E-state index in [4.69, 9.17) is 4.74 Å². The first-order valence-electron chi connectivity index (χ1n) is 8.31. The van der Waals surface area contributed by atoms with Crippen LogP contribution in [0.5, 0.6) is 0 Å². The Kier molecular flexibility index (Phi) is 3.57. The van der Waals surface area contributed by atoms with Crippen LogP contribution < -0.4 is 5.32 Å². The van der Waals surface area contributed by atoms with Gasteiger partial charge in [-0.2, -0.15) is 5.10 Å². The number of nitrogens with zero attached hydrogens (tertiary/aromatic N) is 2. The molecule has 1 aromatic heterocycles. The highest BCUT2D eigenvalue weighted by molar-refractivity contribution is 5.89. The van der Waals surface area contributed by atoms with Gasteiger partial charge in [0.25, 0.3) is 0 Å². The Balaban J connectivity index is 1.77. The largest absolute Gasteiger partial charge is 0.438 e. The topological polar surface area (TPSA) is 56.2 Å². The van der Waals surface area contributed by atoms with Gasteiger partial charge < -0.3 is 4.74 Å². The predicted octanol–water partition coefficient (Wildman–Crippen LogP) is 4.78. The van der Waals surface area contributed by atoms with Gasteiger partial charge in [-0.15, -0.1) is 0 Å². The van der Waals surface area contributed by atoms with Crippen molar-refractivity contribution in [2.24, 2.45) is 0 Å². The third-order valence-electron chi connectivity index (χ3n) is 4.51. The van der Waals surface area contributed by atoms with Gasteiger partial charge in [-0.25, -0.2) is 13.9 Å². The number of halogens is 1. The van der Waals surface area contributed by atoms with Crippen molar-refractivity contribution < 1.29 is 13.9 Å². The molecule has 2 aromatic carbocycles. The first kappa shape index (κ1) is 16.3. The minimum absolute atomic E-state index is 0.274. The van der Waals surface area contributed by atoms with E-state index in [2.05, 4.69) is 10.4 Å². The lowest BCUT2D eigenvalue weighted by molar-refractivity contribution is 0.0420. The fourth-order valence-corrected chi connectivity index (χ4v) is 3.19. The van der Waals surface area contributed by atoms with Crippen molar-refractivity contribution in [2.75, 3.05) is 5.32 Å². The fourth-order valence-electron chi connectivity index (χ4n) is 3.19. The summed E-state index contributed by atoms with van der Waals surface area (Å²) in [6.45, 7) is 5.67. The zero-order valence-corrected chi connectivity index (χ0v) is 14.7. The lowest BCUT2D eigenvalue weighted by Crippen LogP contribution is -2.34. The van der Waals surface area contributed by atoms with E-state index in [-0.39, 0.29) is 5.82 Å². The van der Waals surface area contributed by atoms with Gasteiger partial charge in [0.05, 0.1) is 17.1 Å². The van der Waals surface area contributed by atoms with Crippen LogP contribution in [0, 0.1) is 12.7 Å². The van der Waals surface area contributed by atoms with Crippen LogP contribution in [-0.4, -0.2) is 15.9 Å². The van der Waals surface area contributed by atoms with Gasteiger partial charge in [0.15, 0.2) is 0 Å². The SMILES string of the molecule is Cc1cc(-c2ccc(F)cc2)nn1-c1ccc2c(c1)C(C)(C)OC(=O)N2. The molecule has 4 rings (SSSR count). The number of hydrogen-bond acceptors (Lipinski definition) is 3. The fraction of sp³-hybridized carbons (Fsp3) is 0.200. The van der Waals surface area contributed by atoms with Crippen LogP contribution in [0.15, 0.2) is 48.5 Å². The molecular formula is C20H18FN3O2. The van der Waals surface area contributed by atoms with E-state index < -0.39 is 11.7 Å². The second kappa shape index (κ2) is 5.69. The molecule has 26 heavy (non-hydrogen) atoms. The summed E-state index contributed by atoms with van der Waals surface area (Å²) in [5.74, 6) is -0.274. The van der Waals surface area contributed by atoms with Crippen LogP contribution in [0.1, 0.15) is 25.1 Å². The number of cyclic esters (lactones) is 1. The lowest BCUT2D eigenvalue weighted by atomic mass is 9.94. The third-order valence-corrected chi connectivity index (χ3v) is 4.51. The van der Waals surface area contributed by atoms with Crippen LogP contribution >= 0.6 is 0 Å². The number of ether oxygens (including phenoxy) is 1. The molecule has 2 heterocycles. The van der Waals surface area contributed by atoms with Crippen molar-refractivity contribution in [1.82, 2.24) is 9.78 Å². The Morgan fingerprint density at radius 1 is 1.12 bits per heavy atom. The highest BCUT2D eigenvalue weighted by Gasteiger charge is 2.33. The number of hydrogen-bond donors (Lipinski definition) is 1. The lowest BCUT2D eigenvalue weighted by Gasteiger charge is -2.32. The molecule has 0 radical (unpaired) electrons. The maximum absolute atomic E-state index is 13.1. The Morgan fingerprint density at radius 3 is 2.58 bits per heavy atom. The summed E-state index contributed by atoms with van der Waals surface area (Å²) in [7, 11) is 0. The standard InChI is InChI=1S/C20H18FN3O2/c1-12-10-18(13-4-6-14(21)7-5-13)23-24(12)15-8-9-17-16(11-15)20(2,3)26-19(25)22-17/h4-11H,1-3H3,(H,22,25). The normalized spacial score (nSPS) is 15.2. The third kappa shape index (κ3) is 2.73. The first-order chi connectivity index (χ1) is 12.3. The molecule has 1 aliphatic rings. The molecule has 0 atom stereocenters. The molecule has 1 amide bonds. The Hall–Kier alpha value is -3.15. The molecular weight excluding hydrogens is 333 g/mol. The maximum atomic E-state index is 13.1. The van der Waals surface area contributed by atoms with Crippen molar-refractivity contribution >= 4 is 11.8 Å². The molecule has 3 aromatic rings. The molecule has 0 aliphatic carbocycles. The van der Waals surface area contributed by atoms with Crippen LogP contribution in [0.25, 0.3) is 16.9 Å². The summed E-state index contributed by atoms with van der Waals surface area (Å²) in [5, 5.41) is 7.38.